The average molecular weight is 541 g/mol. The first kappa shape index (κ1) is 33.7. The Morgan fingerprint density at radius 3 is 2.15 bits per heavy atom. The number of rotatable bonds is 13. The number of likely N-dealkylation sites (N-methyl/N-ethyl adjacent to an activating group) is 1. The number of hydrogen-bond donors (Lipinski definition) is 2. The highest BCUT2D eigenvalue weighted by atomic mass is 19.1. The van der Waals surface area contributed by atoms with Crippen molar-refractivity contribution in [3.8, 4) is 6.07 Å². The molecule has 2 aromatic rings. The maximum atomic E-state index is 13.7. The summed E-state index contributed by atoms with van der Waals surface area (Å²) in [4.78, 5) is 2.07. The van der Waals surface area contributed by atoms with Crippen LogP contribution in [0.25, 0.3) is 5.57 Å². The molecule has 0 unspecified atom stereocenters. The molecular formula is C35H45FN4. The van der Waals surface area contributed by atoms with Crippen LogP contribution in [-0.2, 0) is 13.1 Å². The van der Waals surface area contributed by atoms with Gasteiger partial charge in [0.1, 0.15) is 5.82 Å². The maximum absolute atomic E-state index is 13.7. The van der Waals surface area contributed by atoms with Crippen molar-refractivity contribution in [1.82, 2.24) is 15.5 Å². The fraction of sp³-hybridized carbons (Fsp3) is 0.286. The molecule has 2 rings (SSSR count). The molecule has 4 nitrogen and oxygen atoms in total. The quantitative estimate of drug-likeness (QED) is 0.198. The van der Waals surface area contributed by atoms with Gasteiger partial charge in [0.05, 0.1) is 23.0 Å². The molecule has 0 aromatic heterocycles. The van der Waals surface area contributed by atoms with Crippen LogP contribution in [-0.4, -0.2) is 11.9 Å². The Kier molecular flexibility index (Phi) is 12.4. The second-order valence-corrected chi connectivity index (χ2v) is 10.3. The smallest absolute Gasteiger partial charge is 0.126 e. The van der Waals surface area contributed by atoms with Crippen molar-refractivity contribution in [2.24, 2.45) is 5.41 Å². The van der Waals surface area contributed by atoms with E-state index in [0.29, 0.717) is 24.2 Å². The second-order valence-electron chi connectivity index (χ2n) is 10.3. The summed E-state index contributed by atoms with van der Waals surface area (Å²) in [5.74, 6) is -0.207. The van der Waals surface area contributed by atoms with E-state index in [1.807, 2.05) is 45.2 Å². The highest BCUT2D eigenvalue weighted by molar-refractivity contribution is 5.76. The first-order valence-corrected chi connectivity index (χ1v) is 12.9. The zero-order chi connectivity index (χ0) is 29.3. The van der Waals surface area contributed by atoms with Gasteiger partial charge in [-0.25, -0.2) is 4.39 Å². The second kappa shape index (κ2) is 14.7. The van der Waals surface area contributed by atoms with Gasteiger partial charge < -0.3 is 15.5 Å². The molecule has 40 heavy (non-hydrogen) atoms. The molecule has 0 aliphatic carbocycles. The van der Waals surface area contributed by atoms with E-state index in [9.17, 15) is 9.65 Å². The van der Waals surface area contributed by atoms with Crippen LogP contribution in [0.2, 0.25) is 0 Å². The van der Waals surface area contributed by atoms with Crippen molar-refractivity contribution < 1.29 is 4.39 Å². The molecule has 0 radical (unpaired) electrons. The van der Waals surface area contributed by atoms with E-state index in [0.717, 1.165) is 45.0 Å². The molecular weight excluding hydrogens is 495 g/mol. The molecule has 0 saturated carbocycles. The zero-order valence-corrected chi connectivity index (χ0v) is 24.2. The lowest BCUT2D eigenvalue weighted by Gasteiger charge is -2.31. The molecule has 0 saturated heterocycles. The van der Waals surface area contributed by atoms with Crippen molar-refractivity contribution in [1.29, 1.82) is 5.26 Å². The third-order valence-corrected chi connectivity index (χ3v) is 6.82. The molecule has 0 aliphatic heterocycles. The van der Waals surface area contributed by atoms with Gasteiger partial charge in [0, 0.05) is 36.9 Å². The summed E-state index contributed by atoms with van der Waals surface area (Å²) in [6.45, 7) is 27.4. The highest BCUT2D eigenvalue weighted by Gasteiger charge is 2.23. The van der Waals surface area contributed by atoms with E-state index in [1.165, 1.54) is 6.07 Å². The van der Waals surface area contributed by atoms with Crippen LogP contribution in [0.3, 0.4) is 0 Å². The summed E-state index contributed by atoms with van der Waals surface area (Å²) in [7, 11) is 1.99. The molecule has 0 amide bonds. The van der Waals surface area contributed by atoms with Gasteiger partial charge in [-0.15, -0.1) is 0 Å². The van der Waals surface area contributed by atoms with Crippen LogP contribution >= 0.6 is 0 Å². The van der Waals surface area contributed by atoms with Gasteiger partial charge in [-0.2, -0.15) is 5.26 Å². The maximum Gasteiger partial charge on any atom is 0.126 e. The summed E-state index contributed by atoms with van der Waals surface area (Å²) in [5, 5.41) is 16.1. The molecule has 2 aromatic carbocycles. The normalized spacial score (nSPS) is 11.6. The molecule has 0 atom stereocenters. The predicted octanol–water partition coefficient (Wildman–Crippen LogP) is 8.45. The van der Waals surface area contributed by atoms with E-state index in [1.54, 1.807) is 19.1 Å². The first-order chi connectivity index (χ1) is 18.3. The number of halogens is 1. The standard InChI is InChI=1S/C34H41FN4.CH4/c1-11-12-26(5)39(10)33(27(6)37-21-29-13-15-31(23(2)17-29)25(4)20-36)19-34(8,9)28(7)38-22-30-14-16-32(35)24(3)18-30;/h11-19,37-38H,1,4,6-7,21-22H2,2-3,5,8-10H3;1H4/b26-12-,33-19-;. The fourth-order valence-electron chi connectivity index (χ4n) is 4.07. The van der Waals surface area contributed by atoms with Crippen molar-refractivity contribution >= 4 is 5.57 Å². The SMILES string of the molecule is C.C=C/C=C(/C)N(C)/C(=C\C(C)(C)C(=C)NCc1ccc(F)c(C)c1)C(=C)NCc1ccc(C(=C)C#N)c(C)c1. The summed E-state index contributed by atoms with van der Waals surface area (Å²) >= 11 is 0. The Balaban J connectivity index is 0.00000800. The molecule has 2 N–H and O–H groups in total. The third-order valence-electron chi connectivity index (χ3n) is 6.82. The van der Waals surface area contributed by atoms with Gasteiger partial charge in [-0.3, -0.25) is 0 Å². The van der Waals surface area contributed by atoms with Crippen molar-refractivity contribution in [3.63, 3.8) is 0 Å². The number of nitrogens with zero attached hydrogens (tertiary/aromatic N) is 2. The van der Waals surface area contributed by atoms with Gasteiger partial charge in [0.25, 0.3) is 0 Å². The number of allylic oxidation sites excluding steroid dienone is 5. The topological polar surface area (TPSA) is 51.1 Å². The predicted molar refractivity (Wildman–Crippen MR) is 169 cm³/mol. The van der Waals surface area contributed by atoms with Gasteiger partial charge >= 0.3 is 0 Å². The molecule has 5 heteroatoms. The van der Waals surface area contributed by atoms with E-state index < -0.39 is 5.41 Å². The summed E-state index contributed by atoms with van der Waals surface area (Å²) in [6, 6.07) is 13.2. The lowest BCUT2D eigenvalue weighted by atomic mass is 9.87. The molecule has 0 bridgehead atoms. The number of nitrogens with one attached hydrogen (secondary N) is 2. The van der Waals surface area contributed by atoms with Crippen LogP contribution in [0, 0.1) is 36.4 Å². The minimum Gasteiger partial charge on any atom is -0.384 e. The average Bonchev–Trinajstić information content (AvgIpc) is 2.90. The van der Waals surface area contributed by atoms with Gasteiger partial charge in [-0.05, 0) is 66.8 Å². The molecule has 212 valence electrons. The van der Waals surface area contributed by atoms with Crippen LogP contribution < -0.4 is 10.6 Å². The van der Waals surface area contributed by atoms with E-state index >= 15 is 0 Å². The van der Waals surface area contributed by atoms with Crippen LogP contribution in [0.15, 0.2) is 104 Å². The number of nitriles is 1. The van der Waals surface area contributed by atoms with E-state index in [2.05, 4.69) is 73.9 Å². The zero-order valence-electron chi connectivity index (χ0n) is 24.2. The summed E-state index contributed by atoms with van der Waals surface area (Å²) in [5.41, 5.74) is 8.06. The van der Waals surface area contributed by atoms with Crippen LogP contribution in [0.5, 0.6) is 0 Å². The van der Waals surface area contributed by atoms with Gasteiger partial charge in [0.2, 0.25) is 0 Å². The van der Waals surface area contributed by atoms with Crippen LogP contribution in [0.1, 0.15) is 56.0 Å². The minimum absolute atomic E-state index is 0. The molecule has 0 heterocycles. The van der Waals surface area contributed by atoms with Crippen molar-refractivity contribution in [2.75, 3.05) is 7.05 Å². The summed E-state index contributed by atoms with van der Waals surface area (Å²) in [6.07, 6.45) is 5.84. The minimum atomic E-state index is -0.437. The Morgan fingerprint density at radius 2 is 1.60 bits per heavy atom. The number of hydrogen-bond acceptors (Lipinski definition) is 4. The number of aryl methyl sites for hydroxylation is 2. The lowest BCUT2D eigenvalue weighted by Crippen LogP contribution is -2.29. The molecule has 0 spiro atoms. The molecule has 0 fully saturated rings. The monoisotopic (exact) mass is 540 g/mol. The van der Waals surface area contributed by atoms with Gasteiger partial charge in [0.15, 0.2) is 0 Å². The Morgan fingerprint density at radius 1 is 1.02 bits per heavy atom. The lowest BCUT2D eigenvalue weighted by molar-refractivity contribution is 0.472. The van der Waals surface area contributed by atoms with Gasteiger partial charge in [-0.1, -0.05) is 84.0 Å². The van der Waals surface area contributed by atoms with E-state index in [4.69, 9.17) is 0 Å². The van der Waals surface area contributed by atoms with Crippen LogP contribution in [0.4, 0.5) is 4.39 Å². The first-order valence-electron chi connectivity index (χ1n) is 12.9. The van der Waals surface area contributed by atoms with Crippen molar-refractivity contribution in [3.05, 3.63) is 137 Å². The highest BCUT2D eigenvalue weighted by Crippen LogP contribution is 2.30. The third kappa shape index (κ3) is 8.88. The largest absolute Gasteiger partial charge is 0.384 e. The van der Waals surface area contributed by atoms with Crippen molar-refractivity contribution in [2.45, 2.75) is 55.1 Å². The fourth-order valence-corrected chi connectivity index (χ4v) is 4.07. The van der Waals surface area contributed by atoms with E-state index in [-0.39, 0.29) is 13.2 Å². The number of benzene rings is 2. The Bertz CT molecular complexity index is 1370. The Hall–Kier alpha value is -4.30. The molecule has 0 aliphatic rings. The Labute approximate surface area is 241 Å². The summed E-state index contributed by atoms with van der Waals surface area (Å²) < 4.78 is 13.7.